The van der Waals surface area contributed by atoms with Gasteiger partial charge in [-0.15, -0.1) is 12.4 Å². The summed E-state index contributed by atoms with van der Waals surface area (Å²) >= 11 is 6.08. The summed E-state index contributed by atoms with van der Waals surface area (Å²) in [7, 11) is 2.00. The Bertz CT molecular complexity index is 503. The Morgan fingerprint density at radius 3 is 2.65 bits per heavy atom. The molecule has 1 aromatic carbocycles. The van der Waals surface area contributed by atoms with Gasteiger partial charge in [0.1, 0.15) is 0 Å². The molecule has 0 aliphatic carbocycles. The molecule has 0 spiro atoms. The first kappa shape index (κ1) is 20.2. The third kappa shape index (κ3) is 6.68. The zero-order valence-electron chi connectivity index (χ0n) is 13.9. The number of halogens is 2. The maximum absolute atomic E-state index is 12.1. The van der Waals surface area contributed by atoms with Crippen LogP contribution in [0.3, 0.4) is 0 Å². The van der Waals surface area contributed by atoms with Crippen LogP contribution in [0, 0.1) is 12.8 Å². The van der Waals surface area contributed by atoms with Crippen molar-refractivity contribution >= 4 is 35.6 Å². The lowest BCUT2D eigenvalue weighted by atomic mass is 9.93. The maximum atomic E-state index is 12.1. The molecule has 1 aliphatic rings. The van der Waals surface area contributed by atoms with E-state index in [0.717, 1.165) is 36.8 Å². The number of anilines is 1. The van der Waals surface area contributed by atoms with E-state index in [9.17, 15) is 4.79 Å². The molecule has 1 saturated heterocycles. The summed E-state index contributed by atoms with van der Waals surface area (Å²) in [4.78, 5) is 14.4. The summed E-state index contributed by atoms with van der Waals surface area (Å²) < 4.78 is 0. The monoisotopic (exact) mass is 359 g/mol. The van der Waals surface area contributed by atoms with E-state index in [0.29, 0.717) is 11.6 Å². The lowest BCUT2D eigenvalue weighted by molar-refractivity contribution is -0.117. The molecule has 0 radical (unpaired) electrons. The highest BCUT2D eigenvalue weighted by atomic mass is 35.5. The molecule has 1 amide bonds. The van der Waals surface area contributed by atoms with Crippen LogP contribution < -0.4 is 10.6 Å². The molecule has 0 bridgehead atoms. The predicted molar refractivity (Wildman–Crippen MR) is 99.8 cm³/mol. The van der Waals surface area contributed by atoms with Gasteiger partial charge in [-0.3, -0.25) is 9.69 Å². The van der Waals surface area contributed by atoms with Gasteiger partial charge in [-0.1, -0.05) is 17.7 Å². The van der Waals surface area contributed by atoms with Gasteiger partial charge in [0.05, 0.1) is 6.54 Å². The molecule has 4 nitrogen and oxygen atoms in total. The molecule has 1 fully saturated rings. The van der Waals surface area contributed by atoms with Gasteiger partial charge in [0, 0.05) is 10.7 Å². The van der Waals surface area contributed by atoms with Crippen molar-refractivity contribution in [1.29, 1.82) is 0 Å². The van der Waals surface area contributed by atoms with E-state index in [1.54, 1.807) is 6.07 Å². The molecule has 0 saturated carbocycles. The predicted octanol–water partition coefficient (Wildman–Crippen LogP) is 3.33. The third-order valence-electron chi connectivity index (χ3n) is 4.33. The average Bonchev–Trinajstić information content (AvgIpc) is 2.50. The van der Waals surface area contributed by atoms with Gasteiger partial charge in [0.15, 0.2) is 0 Å². The maximum Gasteiger partial charge on any atom is 0.238 e. The van der Waals surface area contributed by atoms with E-state index < -0.39 is 0 Å². The van der Waals surface area contributed by atoms with Crippen LogP contribution in [0.15, 0.2) is 18.2 Å². The minimum absolute atomic E-state index is 0. The lowest BCUT2D eigenvalue weighted by Gasteiger charge is -2.31. The zero-order valence-corrected chi connectivity index (χ0v) is 15.5. The number of rotatable bonds is 6. The number of carbonyl (C=O) groups is 1. The molecule has 0 aromatic heterocycles. The zero-order chi connectivity index (χ0) is 15.9. The minimum atomic E-state index is 0. The molecule has 1 aromatic rings. The van der Waals surface area contributed by atoms with Crippen LogP contribution in [-0.4, -0.2) is 44.0 Å². The number of carbonyl (C=O) groups excluding carboxylic acids is 1. The van der Waals surface area contributed by atoms with Crippen LogP contribution in [0.25, 0.3) is 0 Å². The molecular weight excluding hydrogens is 333 g/mol. The third-order valence-corrected chi connectivity index (χ3v) is 4.74. The largest absolute Gasteiger partial charge is 0.325 e. The average molecular weight is 360 g/mol. The lowest BCUT2D eigenvalue weighted by Crippen LogP contribution is -2.39. The van der Waals surface area contributed by atoms with Crippen LogP contribution in [0.2, 0.25) is 5.02 Å². The summed E-state index contributed by atoms with van der Waals surface area (Å²) in [5.74, 6) is 0.830. The van der Waals surface area contributed by atoms with Crippen LogP contribution in [0.5, 0.6) is 0 Å². The fraction of sp³-hybridized carbons (Fsp3) is 0.588. The number of nitrogens with zero attached hydrogens (tertiary/aromatic N) is 1. The Hall–Kier alpha value is -0.810. The Labute approximate surface area is 150 Å². The highest BCUT2D eigenvalue weighted by molar-refractivity contribution is 6.31. The summed E-state index contributed by atoms with van der Waals surface area (Å²) in [6, 6.07) is 5.62. The normalized spacial score (nSPS) is 16.0. The standard InChI is InChI=1S/C17H26ClN3O.ClH/c1-13-3-4-15(11-16(13)18)20-17(22)12-21-9-6-14(7-10-21)5-8-19-2;/h3-4,11,14,19H,5-10,12H2,1-2H3,(H,20,22);1H. The smallest absolute Gasteiger partial charge is 0.238 e. The van der Waals surface area contributed by atoms with Crippen molar-refractivity contribution in [1.82, 2.24) is 10.2 Å². The first-order valence-corrected chi connectivity index (χ1v) is 8.39. The Balaban J connectivity index is 0.00000264. The molecule has 6 heteroatoms. The molecular formula is C17H27Cl2N3O. The Morgan fingerprint density at radius 1 is 1.35 bits per heavy atom. The van der Waals surface area contributed by atoms with Gasteiger partial charge in [0.25, 0.3) is 0 Å². The SMILES string of the molecule is CNCCC1CCN(CC(=O)Nc2ccc(C)c(Cl)c2)CC1.Cl. The van der Waals surface area contributed by atoms with Crippen molar-refractivity contribution in [3.8, 4) is 0 Å². The summed E-state index contributed by atoms with van der Waals surface area (Å²) in [6.07, 6.45) is 3.61. The fourth-order valence-electron chi connectivity index (χ4n) is 2.86. The number of hydrogen-bond donors (Lipinski definition) is 2. The van der Waals surface area contributed by atoms with E-state index in [1.807, 2.05) is 26.1 Å². The molecule has 23 heavy (non-hydrogen) atoms. The quantitative estimate of drug-likeness (QED) is 0.818. The second-order valence-electron chi connectivity index (χ2n) is 6.12. The van der Waals surface area contributed by atoms with Crippen molar-refractivity contribution in [3.63, 3.8) is 0 Å². The number of amides is 1. The van der Waals surface area contributed by atoms with Gasteiger partial charge in [0.2, 0.25) is 5.91 Å². The first-order chi connectivity index (χ1) is 10.6. The summed E-state index contributed by atoms with van der Waals surface area (Å²) in [6.45, 7) is 5.52. The van der Waals surface area contributed by atoms with Gasteiger partial charge in [-0.05, 0) is 76.5 Å². The summed E-state index contributed by atoms with van der Waals surface area (Å²) in [5.41, 5.74) is 1.79. The van der Waals surface area contributed by atoms with E-state index in [-0.39, 0.29) is 18.3 Å². The molecule has 2 N–H and O–H groups in total. The van der Waals surface area contributed by atoms with Crippen molar-refractivity contribution in [3.05, 3.63) is 28.8 Å². The number of benzene rings is 1. The number of hydrogen-bond acceptors (Lipinski definition) is 3. The molecule has 2 rings (SSSR count). The topological polar surface area (TPSA) is 44.4 Å². The number of likely N-dealkylation sites (tertiary alicyclic amines) is 1. The molecule has 0 unspecified atom stereocenters. The number of piperidine rings is 1. The highest BCUT2D eigenvalue weighted by Crippen LogP contribution is 2.21. The van der Waals surface area contributed by atoms with Crippen molar-refractivity contribution in [2.75, 3.05) is 38.5 Å². The van der Waals surface area contributed by atoms with Crippen LogP contribution in [0.1, 0.15) is 24.8 Å². The van der Waals surface area contributed by atoms with E-state index in [1.165, 1.54) is 19.3 Å². The Morgan fingerprint density at radius 2 is 2.04 bits per heavy atom. The number of aryl methyl sites for hydroxylation is 1. The number of nitrogens with one attached hydrogen (secondary N) is 2. The van der Waals surface area contributed by atoms with Crippen molar-refractivity contribution < 1.29 is 4.79 Å². The van der Waals surface area contributed by atoms with Gasteiger partial charge < -0.3 is 10.6 Å². The molecule has 0 atom stereocenters. The van der Waals surface area contributed by atoms with E-state index in [2.05, 4.69) is 15.5 Å². The van der Waals surface area contributed by atoms with E-state index >= 15 is 0 Å². The second-order valence-corrected chi connectivity index (χ2v) is 6.53. The van der Waals surface area contributed by atoms with Gasteiger partial charge in [-0.2, -0.15) is 0 Å². The second kappa shape index (κ2) is 10.1. The summed E-state index contributed by atoms with van der Waals surface area (Å²) in [5, 5.41) is 6.82. The Kier molecular flexibility index (Phi) is 8.92. The molecule has 130 valence electrons. The van der Waals surface area contributed by atoms with Crippen molar-refractivity contribution in [2.24, 2.45) is 5.92 Å². The fourth-order valence-corrected chi connectivity index (χ4v) is 3.04. The highest BCUT2D eigenvalue weighted by Gasteiger charge is 2.20. The van der Waals surface area contributed by atoms with Crippen molar-refractivity contribution in [2.45, 2.75) is 26.2 Å². The van der Waals surface area contributed by atoms with Gasteiger partial charge in [-0.25, -0.2) is 0 Å². The van der Waals surface area contributed by atoms with Crippen LogP contribution in [-0.2, 0) is 4.79 Å². The van der Waals surface area contributed by atoms with Gasteiger partial charge >= 0.3 is 0 Å². The van der Waals surface area contributed by atoms with E-state index in [4.69, 9.17) is 11.6 Å². The van der Waals surface area contributed by atoms with Crippen LogP contribution in [0.4, 0.5) is 5.69 Å². The molecule has 1 heterocycles. The minimum Gasteiger partial charge on any atom is -0.325 e. The van der Waals surface area contributed by atoms with Crippen LogP contribution >= 0.6 is 24.0 Å². The molecule has 1 aliphatic heterocycles. The first-order valence-electron chi connectivity index (χ1n) is 8.01.